The van der Waals surface area contributed by atoms with Crippen molar-refractivity contribution in [2.75, 3.05) is 0 Å². The van der Waals surface area contributed by atoms with Crippen LogP contribution in [0.5, 0.6) is 0 Å². The van der Waals surface area contributed by atoms with E-state index in [1.54, 1.807) is 12.1 Å². The van der Waals surface area contributed by atoms with E-state index in [9.17, 15) is 9.59 Å². The zero-order chi connectivity index (χ0) is 11.8. The van der Waals surface area contributed by atoms with Gasteiger partial charge in [0.1, 0.15) is 0 Å². The Morgan fingerprint density at radius 3 is 1.53 bits per heavy atom. The fourth-order valence-corrected chi connectivity index (χ4v) is 0.913. The van der Waals surface area contributed by atoms with Crippen molar-refractivity contribution in [1.82, 2.24) is 0 Å². The Morgan fingerprint density at radius 2 is 1.33 bits per heavy atom. The summed E-state index contributed by atoms with van der Waals surface area (Å²) >= 11 is 0. The minimum atomic E-state index is -0.649. The second kappa shape index (κ2) is 6.14. The summed E-state index contributed by atoms with van der Waals surface area (Å²) in [5.41, 5.74) is 10.3. The monoisotopic (exact) mass is 210 g/mol. The Bertz CT molecular complexity index is 343. The van der Waals surface area contributed by atoms with E-state index in [1.807, 2.05) is 0 Å². The van der Waals surface area contributed by atoms with Crippen LogP contribution in [0.2, 0.25) is 0 Å². The van der Waals surface area contributed by atoms with E-state index >= 15 is 0 Å². The molecule has 1 rings (SSSR count). The van der Waals surface area contributed by atoms with Gasteiger partial charge in [0, 0.05) is 0 Å². The Morgan fingerprint density at radius 1 is 1.07 bits per heavy atom. The van der Waals surface area contributed by atoms with Crippen molar-refractivity contribution in [3.8, 4) is 0 Å². The number of primary amides is 2. The number of carbonyl (C=O) groups is 3. The molecule has 0 saturated heterocycles. The standard InChI is InChI=1S/C8H8N2O2.CH2O2/c9-7(11)5-3-1-2-4-6(5)8(10)12;2-1-3/h1-4H,(H2,9,11)(H2,10,12);1H,(H,2,3). The van der Waals surface area contributed by atoms with Crippen molar-refractivity contribution in [3.63, 3.8) is 0 Å². The van der Waals surface area contributed by atoms with Crippen LogP contribution in [0.1, 0.15) is 20.7 Å². The molecule has 6 nitrogen and oxygen atoms in total. The minimum Gasteiger partial charge on any atom is -0.483 e. The van der Waals surface area contributed by atoms with Crippen molar-refractivity contribution < 1.29 is 19.5 Å². The molecule has 1 aromatic carbocycles. The van der Waals surface area contributed by atoms with Gasteiger partial charge in [-0.05, 0) is 12.1 Å². The number of benzene rings is 1. The number of hydrogen-bond acceptors (Lipinski definition) is 3. The van der Waals surface area contributed by atoms with E-state index in [1.165, 1.54) is 12.1 Å². The Hall–Kier alpha value is -2.37. The van der Waals surface area contributed by atoms with Crippen LogP contribution in [0.3, 0.4) is 0 Å². The highest BCUT2D eigenvalue weighted by Crippen LogP contribution is 2.06. The van der Waals surface area contributed by atoms with Gasteiger partial charge in [0.2, 0.25) is 11.8 Å². The summed E-state index contributed by atoms with van der Waals surface area (Å²) in [6, 6.07) is 6.16. The van der Waals surface area contributed by atoms with Gasteiger partial charge >= 0.3 is 0 Å². The van der Waals surface area contributed by atoms with Crippen LogP contribution in [-0.2, 0) is 4.79 Å². The van der Waals surface area contributed by atoms with Gasteiger partial charge in [0.25, 0.3) is 6.47 Å². The molecular weight excluding hydrogens is 200 g/mol. The van der Waals surface area contributed by atoms with Gasteiger partial charge in [-0.3, -0.25) is 14.4 Å². The Kier molecular flexibility index (Phi) is 5.17. The van der Waals surface area contributed by atoms with E-state index in [-0.39, 0.29) is 17.6 Å². The number of nitrogens with two attached hydrogens (primary N) is 2. The summed E-state index contributed by atoms with van der Waals surface area (Å²) < 4.78 is 0. The van der Waals surface area contributed by atoms with Gasteiger partial charge in [-0.15, -0.1) is 0 Å². The van der Waals surface area contributed by atoms with Gasteiger partial charge in [-0.25, -0.2) is 0 Å². The summed E-state index contributed by atoms with van der Waals surface area (Å²) in [5.74, 6) is -1.30. The molecule has 5 N–H and O–H groups in total. The van der Waals surface area contributed by atoms with Crippen LogP contribution in [0.25, 0.3) is 0 Å². The van der Waals surface area contributed by atoms with Crippen LogP contribution >= 0.6 is 0 Å². The molecule has 0 saturated carbocycles. The van der Waals surface area contributed by atoms with Crippen molar-refractivity contribution in [2.45, 2.75) is 0 Å². The van der Waals surface area contributed by atoms with Gasteiger partial charge in [-0.2, -0.15) is 0 Å². The molecule has 0 radical (unpaired) electrons. The lowest BCUT2D eigenvalue weighted by Crippen LogP contribution is -2.20. The van der Waals surface area contributed by atoms with E-state index in [0.717, 1.165) is 0 Å². The second-order valence-electron chi connectivity index (χ2n) is 2.38. The van der Waals surface area contributed by atoms with Crippen molar-refractivity contribution in [3.05, 3.63) is 35.4 Å². The SMILES string of the molecule is NC(=O)c1ccccc1C(N)=O.O=CO. The van der Waals surface area contributed by atoms with Crippen LogP contribution in [0, 0.1) is 0 Å². The highest BCUT2D eigenvalue weighted by Gasteiger charge is 2.10. The van der Waals surface area contributed by atoms with Crippen LogP contribution in [-0.4, -0.2) is 23.4 Å². The van der Waals surface area contributed by atoms with Gasteiger partial charge in [-0.1, -0.05) is 12.1 Å². The first-order valence-corrected chi connectivity index (χ1v) is 3.81. The molecule has 80 valence electrons. The third kappa shape index (κ3) is 3.90. The van der Waals surface area contributed by atoms with Crippen molar-refractivity contribution in [1.29, 1.82) is 0 Å². The Balaban J connectivity index is 0.000000583. The Labute approximate surface area is 85.5 Å². The van der Waals surface area contributed by atoms with Gasteiger partial charge in [0.05, 0.1) is 11.1 Å². The van der Waals surface area contributed by atoms with Crippen LogP contribution in [0.15, 0.2) is 24.3 Å². The zero-order valence-electron chi connectivity index (χ0n) is 7.71. The maximum Gasteiger partial charge on any atom is 0.290 e. The van der Waals surface area contributed by atoms with E-state index in [0.29, 0.717) is 0 Å². The highest BCUT2D eigenvalue weighted by molar-refractivity contribution is 6.06. The summed E-state index contributed by atoms with van der Waals surface area (Å²) in [6.45, 7) is -0.250. The molecule has 0 bridgehead atoms. The summed E-state index contributed by atoms with van der Waals surface area (Å²) in [6.07, 6.45) is 0. The number of hydrogen-bond donors (Lipinski definition) is 3. The number of amides is 2. The van der Waals surface area contributed by atoms with Crippen molar-refractivity contribution >= 4 is 18.3 Å². The molecule has 0 aliphatic rings. The maximum atomic E-state index is 10.7. The average molecular weight is 210 g/mol. The summed E-state index contributed by atoms with van der Waals surface area (Å²) in [7, 11) is 0. The van der Waals surface area contributed by atoms with Gasteiger partial charge in [0.15, 0.2) is 0 Å². The lowest BCUT2D eigenvalue weighted by atomic mass is 10.1. The molecule has 0 aromatic heterocycles. The topological polar surface area (TPSA) is 123 Å². The smallest absolute Gasteiger partial charge is 0.290 e. The third-order valence-corrected chi connectivity index (χ3v) is 1.46. The molecule has 0 spiro atoms. The highest BCUT2D eigenvalue weighted by atomic mass is 16.3. The first kappa shape index (κ1) is 12.6. The predicted octanol–water partition coefficient (Wildman–Crippen LogP) is -0.415. The number of carbonyl (C=O) groups excluding carboxylic acids is 2. The molecule has 0 aliphatic carbocycles. The maximum absolute atomic E-state index is 10.7. The lowest BCUT2D eigenvalue weighted by molar-refractivity contribution is -0.122. The molecule has 15 heavy (non-hydrogen) atoms. The molecule has 0 fully saturated rings. The average Bonchev–Trinajstić information content (AvgIpc) is 2.19. The molecular formula is C9H10N2O4. The van der Waals surface area contributed by atoms with E-state index in [4.69, 9.17) is 21.4 Å². The molecule has 2 amide bonds. The summed E-state index contributed by atoms with van der Waals surface area (Å²) in [4.78, 5) is 29.8. The number of rotatable bonds is 2. The first-order chi connectivity index (χ1) is 7.04. The zero-order valence-corrected chi connectivity index (χ0v) is 7.71. The second-order valence-corrected chi connectivity index (χ2v) is 2.38. The molecule has 0 aliphatic heterocycles. The molecule has 6 heteroatoms. The quantitative estimate of drug-likeness (QED) is 0.573. The fourth-order valence-electron chi connectivity index (χ4n) is 0.913. The largest absolute Gasteiger partial charge is 0.483 e. The van der Waals surface area contributed by atoms with E-state index in [2.05, 4.69) is 0 Å². The van der Waals surface area contributed by atoms with Crippen LogP contribution in [0.4, 0.5) is 0 Å². The minimum absolute atomic E-state index is 0.157. The first-order valence-electron chi connectivity index (χ1n) is 3.81. The molecule has 0 atom stereocenters. The molecule has 1 aromatic rings. The normalized spacial score (nSPS) is 8.27. The lowest BCUT2D eigenvalue weighted by Gasteiger charge is -2.00. The fraction of sp³-hybridized carbons (Fsp3) is 0. The van der Waals surface area contributed by atoms with Crippen LogP contribution < -0.4 is 11.5 Å². The summed E-state index contributed by atoms with van der Waals surface area (Å²) in [5, 5.41) is 6.89. The molecule has 0 unspecified atom stereocenters. The third-order valence-electron chi connectivity index (χ3n) is 1.46. The number of carboxylic acid groups (broad SMARTS) is 1. The van der Waals surface area contributed by atoms with Gasteiger partial charge < -0.3 is 16.6 Å². The van der Waals surface area contributed by atoms with E-state index < -0.39 is 11.8 Å². The predicted molar refractivity (Wildman–Crippen MR) is 52.2 cm³/mol. The molecule has 0 heterocycles. The van der Waals surface area contributed by atoms with Crippen molar-refractivity contribution in [2.24, 2.45) is 11.5 Å².